The molecule has 2 amide bonds. The fourth-order valence-electron chi connectivity index (χ4n) is 3.47. The maximum absolute atomic E-state index is 12.9. The third kappa shape index (κ3) is 5.05. The Bertz CT molecular complexity index is 904. The highest BCUT2D eigenvalue weighted by molar-refractivity contribution is 7.17. The zero-order valence-electron chi connectivity index (χ0n) is 17.6. The summed E-state index contributed by atoms with van der Waals surface area (Å²) in [6, 6.07) is 9.72. The fourth-order valence-corrected chi connectivity index (χ4v) is 4.54. The van der Waals surface area contributed by atoms with Gasteiger partial charge in [0.1, 0.15) is 9.88 Å². The van der Waals surface area contributed by atoms with Gasteiger partial charge in [-0.1, -0.05) is 30.3 Å². The summed E-state index contributed by atoms with van der Waals surface area (Å²) in [4.78, 5) is 45.6. The van der Waals surface area contributed by atoms with Crippen molar-refractivity contribution in [1.82, 2.24) is 14.8 Å². The van der Waals surface area contributed by atoms with E-state index in [4.69, 9.17) is 4.74 Å². The number of aryl methyl sites for hydroxylation is 1. The highest BCUT2D eigenvalue weighted by Crippen LogP contribution is 2.28. The van der Waals surface area contributed by atoms with Crippen LogP contribution in [0.1, 0.15) is 35.1 Å². The van der Waals surface area contributed by atoms with Gasteiger partial charge >= 0.3 is 5.97 Å². The first-order valence-electron chi connectivity index (χ1n) is 10.1. The number of rotatable bonds is 6. The van der Waals surface area contributed by atoms with Crippen molar-refractivity contribution in [3.05, 3.63) is 40.9 Å². The molecule has 8 heteroatoms. The maximum Gasteiger partial charge on any atom is 0.309 e. The average molecular weight is 430 g/mol. The number of piperidine rings is 1. The van der Waals surface area contributed by atoms with Crippen LogP contribution in [0, 0.1) is 12.8 Å². The van der Waals surface area contributed by atoms with E-state index in [1.807, 2.05) is 37.3 Å². The number of hydrogen-bond acceptors (Lipinski definition) is 6. The van der Waals surface area contributed by atoms with Crippen LogP contribution in [0.5, 0.6) is 0 Å². The molecule has 1 fully saturated rings. The molecule has 30 heavy (non-hydrogen) atoms. The molecule has 0 atom stereocenters. The van der Waals surface area contributed by atoms with Crippen LogP contribution in [0.15, 0.2) is 30.3 Å². The lowest BCUT2D eigenvalue weighted by Gasteiger charge is -2.32. The maximum atomic E-state index is 12.9. The number of likely N-dealkylation sites (N-methyl/N-ethyl adjacent to an activating group) is 1. The number of ether oxygens (including phenoxy) is 1. The summed E-state index contributed by atoms with van der Waals surface area (Å²) in [6.45, 7) is 4.97. The van der Waals surface area contributed by atoms with Crippen molar-refractivity contribution >= 4 is 29.1 Å². The second-order valence-electron chi connectivity index (χ2n) is 7.37. The minimum Gasteiger partial charge on any atom is -0.466 e. The van der Waals surface area contributed by atoms with E-state index in [-0.39, 0.29) is 30.2 Å². The first-order valence-corrected chi connectivity index (χ1v) is 10.9. The molecule has 1 aromatic carbocycles. The summed E-state index contributed by atoms with van der Waals surface area (Å²) in [5.74, 6) is -0.656. The third-order valence-corrected chi connectivity index (χ3v) is 6.39. The molecule has 1 aliphatic rings. The molecule has 1 aromatic heterocycles. The summed E-state index contributed by atoms with van der Waals surface area (Å²) in [7, 11) is 1.63. The first-order chi connectivity index (χ1) is 14.4. The molecule has 0 N–H and O–H groups in total. The molecule has 0 spiro atoms. The molecule has 1 saturated heterocycles. The molecule has 7 nitrogen and oxygen atoms in total. The minimum atomic E-state index is -0.207. The molecule has 3 rings (SSSR count). The van der Waals surface area contributed by atoms with Crippen LogP contribution in [0.25, 0.3) is 10.6 Å². The van der Waals surface area contributed by atoms with Gasteiger partial charge in [0.15, 0.2) is 0 Å². The number of likely N-dealkylation sites (tertiary alicyclic amines) is 1. The summed E-state index contributed by atoms with van der Waals surface area (Å²) in [5.41, 5.74) is 1.63. The lowest BCUT2D eigenvalue weighted by Crippen LogP contribution is -2.45. The topological polar surface area (TPSA) is 79.8 Å². The van der Waals surface area contributed by atoms with Gasteiger partial charge < -0.3 is 14.5 Å². The predicted molar refractivity (Wildman–Crippen MR) is 115 cm³/mol. The second-order valence-corrected chi connectivity index (χ2v) is 8.37. The molecule has 160 valence electrons. The first kappa shape index (κ1) is 22.0. The van der Waals surface area contributed by atoms with E-state index in [1.165, 1.54) is 16.2 Å². The van der Waals surface area contributed by atoms with E-state index < -0.39 is 0 Å². The normalized spacial score (nSPS) is 14.4. The minimum absolute atomic E-state index is 0.000909. The predicted octanol–water partition coefficient (Wildman–Crippen LogP) is 2.99. The van der Waals surface area contributed by atoms with Gasteiger partial charge in [0.05, 0.1) is 24.8 Å². The highest BCUT2D eigenvalue weighted by Gasteiger charge is 2.29. The van der Waals surface area contributed by atoms with Gasteiger partial charge in [0, 0.05) is 25.7 Å². The van der Waals surface area contributed by atoms with Gasteiger partial charge in [-0.25, -0.2) is 4.98 Å². The number of amides is 2. The van der Waals surface area contributed by atoms with E-state index in [1.54, 1.807) is 18.9 Å². The van der Waals surface area contributed by atoms with Crippen LogP contribution < -0.4 is 0 Å². The Morgan fingerprint density at radius 1 is 1.20 bits per heavy atom. The van der Waals surface area contributed by atoms with Gasteiger partial charge in [0.25, 0.3) is 5.91 Å². The summed E-state index contributed by atoms with van der Waals surface area (Å²) in [5, 5.41) is 0.789. The zero-order valence-corrected chi connectivity index (χ0v) is 18.4. The summed E-state index contributed by atoms with van der Waals surface area (Å²) < 4.78 is 5.07. The lowest BCUT2D eigenvalue weighted by molar-refractivity contribution is -0.151. The van der Waals surface area contributed by atoms with Gasteiger partial charge in [-0.05, 0) is 26.7 Å². The molecule has 0 aliphatic carbocycles. The third-order valence-electron chi connectivity index (χ3n) is 5.20. The largest absolute Gasteiger partial charge is 0.466 e. The Labute approximate surface area is 180 Å². The Morgan fingerprint density at radius 3 is 2.50 bits per heavy atom. The molecule has 2 heterocycles. The standard InChI is InChI=1S/C22H27N3O4S/c1-4-29-22(28)17-10-12-25(13-11-17)18(26)14-24(3)21(27)19-15(2)23-20(30-19)16-8-6-5-7-9-16/h5-9,17H,4,10-14H2,1-3H3. The molecule has 2 aromatic rings. The number of thiazole rings is 1. The number of aromatic nitrogens is 1. The number of hydrogen-bond donors (Lipinski definition) is 0. The SMILES string of the molecule is CCOC(=O)C1CCN(C(=O)CN(C)C(=O)c2sc(-c3ccccc3)nc2C)CC1. The molecule has 0 radical (unpaired) electrons. The molecule has 0 unspecified atom stereocenters. The van der Waals surface area contributed by atoms with Crippen molar-refractivity contribution < 1.29 is 19.1 Å². The number of nitrogens with zero attached hydrogens (tertiary/aromatic N) is 3. The van der Waals surface area contributed by atoms with Crippen LogP contribution >= 0.6 is 11.3 Å². The van der Waals surface area contributed by atoms with Crippen molar-refractivity contribution in [2.24, 2.45) is 5.92 Å². The van der Waals surface area contributed by atoms with E-state index in [0.717, 1.165) is 10.6 Å². The molecular weight excluding hydrogens is 402 g/mol. The van der Waals surface area contributed by atoms with Crippen LogP contribution in [0.4, 0.5) is 0 Å². The van der Waals surface area contributed by atoms with Crippen molar-refractivity contribution in [3.63, 3.8) is 0 Å². The van der Waals surface area contributed by atoms with Gasteiger partial charge in [-0.15, -0.1) is 11.3 Å². The Kier molecular flexibility index (Phi) is 7.20. The van der Waals surface area contributed by atoms with E-state index >= 15 is 0 Å². The van der Waals surface area contributed by atoms with Crippen molar-refractivity contribution in [3.8, 4) is 10.6 Å². The Hall–Kier alpha value is -2.74. The van der Waals surface area contributed by atoms with E-state index in [0.29, 0.717) is 43.1 Å². The van der Waals surface area contributed by atoms with Crippen molar-refractivity contribution in [2.45, 2.75) is 26.7 Å². The smallest absolute Gasteiger partial charge is 0.309 e. The van der Waals surface area contributed by atoms with Gasteiger partial charge in [0.2, 0.25) is 5.91 Å². The number of carbonyl (C=O) groups is 3. The fraction of sp³-hybridized carbons (Fsp3) is 0.455. The van der Waals surface area contributed by atoms with Gasteiger partial charge in [-0.2, -0.15) is 0 Å². The number of benzene rings is 1. The van der Waals surface area contributed by atoms with Crippen LogP contribution in [-0.2, 0) is 14.3 Å². The number of carbonyl (C=O) groups excluding carboxylic acids is 3. The number of esters is 1. The Balaban J connectivity index is 1.58. The monoisotopic (exact) mass is 429 g/mol. The molecular formula is C22H27N3O4S. The van der Waals surface area contributed by atoms with Crippen LogP contribution in [-0.4, -0.2) is 65.9 Å². The van der Waals surface area contributed by atoms with Crippen LogP contribution in [0.2, 0.25) is 0 Å². The lowest BCUT2D eigenvalue weighted by atomic mass is 9.97. The molecule has 0 bridgehead atoms. The van der Waals surface area contributed by atoms with Crippen molar-refractivity contribution in [1.29, 1.82) is 0 Å². The molecule has 0 saturated carbocycles. The second kappa shape index (κ2) is 9.84. The summed E-state index contributed by atoms with van der Waals surface area (Å²) in [6.07, 6.45) is 1.19. The van der Waals surface area contributed by atoms with E-state index in [2.05, 4.69) is 4.98 Å². The van der Waals surface area contributed by atoms with Gasteiger partial charge in [-0.3, -0.25) is 14.4 Å². The van der Waals surface area contributed by atoms with E-state index in [9.17, 15) is 14.4 Å². The summed E-state index contributed by atoms with van der Waals surface area (Å²) >= 11 is 1.34. The zero-order chi connectivity index (χ0) is 21.7. The molecule has 1 aliphatic heterocycles. The Morgan fingerprint density at radius 2 is 1.87 bits per heavy atom. The highest BCUT2D eigenvalue weighted by atomic mass is 32.1. The van der Waals surface area contributed by atoms with Crippen LogP contribution in [0.3, 0.4) is 0 Å². The average Bonchev–Trinajstić information content (AvgIpc) is 3.15. The van der Waals surface area contributed by atoms with Crippen molar-refractivity contribution in [2.75, 3.05) is 33.3 Å². The quantitative estimate of drug-likeness (QED) is 0.660.